The summed E-state index contributed by atoms with van der Waals surface area (Å²) in [5, 5.41) is 0. The van der Waals surface area contributed by atoms with Gasteiger partial charge in [-0.1, -0.05) is 24.3 Å². The molecule has 0 unspecified atom stereocenters. The van der Waals surface area contributed by atoms with Crippen LogP contribution in [0.4, 0.5) is 5.69 Å². The average molecular weight is 237 g/mol. The van der Waals surface area contributed by atoms with Gasteiger partial charge in [-0.15, -0.1) is 0 Å². The van der Waals surface area contributed by atoms with Crippen molar-refractivity contribution in [2.45, 2.75) is 20.4 Å². The van der Waals surface area contributed by atoms with E-state index in [0.29, 0.717) is 6.54 Å². The van der Waals surface area contributed by atoms with Crippen LogP contribution in [-0.2, 0) is 6.54 Å². The van der Waals surface area contributed by atoms with Crippen LogP contribution in [0.25, 0.3) is 0 Å². The molecule has 0 N–H and O–H groups in total. The highest BCUT2D eigenvalue weighted by Crippen LogP contribution is 2.29. The van der Waals surface area contributed by atoms with E-state index in [1.165, 1.54) is 11.1 Å². The lowest BCUT2D eigenvalue weighted by atomic mass is 10.1. The molecule has 1 aliphatic heterocycles. The minimum atomic E-state index is 0.105. The molecule has 18 heavy (non-hydrogen) atoms. The van der Waals surface area contributed by atoms with Crippen molar-refractivity contribution >= 4 is 11.6 Å². The first-order valence-corrected chi connectivity index (χ1v) is 6.14. The lowest BCUT2D eigenvalue weighted by Crippen LogP contribution is -2.23. The lowest BCUT2D eigenvalue weighted by molar-refractivity contribution is 0.0996. The first kappa shape index (κ1) is 11.0. The van der Waals surface area contributed by atoms with Crippen molar-refractivity contribution in [2.75, 3.05) is 4.90 Å². The maximum Gasteiger partial charge on any atom is 0.258 e. The summed E-state index contributed by atoms with van der Waals surface area (Å²) in [5.41, 5.74) is 5.40. The summed E-state index contributed by atoms with van der Waals surface area (Å²) in [6, 6.07) is 14.0. The SMILES string of the molecule is Cc1ccc(N2Cc3ccccc3C2=O)cc1C. The number of amides is 1. The fraction of sp³-hybridized carbons (Fsp3) is 0.188. The molecule has 1 heterocycles. The first-order valence-electron chi connectivity index (χ1n) is 6.14. The molecule has 3 rings (SSSR count). The number of rotatable bonds is 1. The molecule has 0 radical (unpaired) electrons. The van der Waals surface area contributed by atoms with E-state index in [0.717, 1.165) is 16.8 Å². The predicted molar refractivity (Wildman–Crippen MR) is 72.9 cm³/mol. The zero-order valence-electron chi connectivity index (χ0n) is 10.6. The van der Waals surface area contributed by atoms with E-state index >= 15 is 0 Å². The Morgan fingerprint density at radius 2 is 1.78 bits per heavy atom. The average Bonchev–Trinajstić information content (AvgIpc) is 2.71. The molecule has 0 bridgehead atoms. The van der Waals surface area contributed by atoms with Gasteiger partial charge in [0.05, 0.1) is 6.54 Å². The van der Waals surface area contributed by atoms with Crippen LogP contribution in [0.1, 0.15) is 27.0 Å². The molecule has 90 valence electrons. The normalized spacial score (nSPS) is 13.9. The van der Waals surface area contributed by atoms with Gasteiger partial charge in [0, 0.05) is 11.3 Å². The molecule has 2 heteroatoms. The summed E-state index contributed by atoms with van der Waals surface area (Å²) < 4.78 is 0. The van der Waals surface area contributed by atoms with Crippen molar-refractivity contribution in [1.29, 1.82) is 0 Å². The number of hydrogen-bond acceptors (Lipinski definition) is 1. The van der Waals surface area contributed by atoms with Crippen LogP contribution in [0.5, 0.6) is 0 Å². The smallest absolute Gasteiger partial charge is 0.258 e. The van der Waals surface area contributed by atoms with Gasteiger partial charge in [-0.3, -0.25) is 4.79 Å². The van der Waals surface area contributed by atoms with E-state index < -0.39 is 0 Å². The number of hydrogen-bond donors (Lipinski definition) is 0. The first-order chi connectivity index (χ1) is 8.66. The van der Waals surface area contributed by atoms with Gasteiger partial charge < -0.3 is 4.90 Å². The fourth-order valence-corrected chi connectivity index (χ4v) is 2.36. The Balaban J connectivity index is 2.01. The quantitative estimate of drug-likeness (QED) is 0.743. The largest absolute Gasteiger partial charge is 0.304 e. The Morgan fingerprint density at radius 1 is 1.00 bits per heavy atom. The highest BCUT2D eigenvalue weighted by Gasteiger charge is 2.27. The standard InChI is InChI=1S/C16H15NO/c1-11-7-8-14(9-12(11)2)17-10-13-5-3-4-6-15(13)16(17)18/h3-9H,10H2,1-2H3. The van der Waals surface area contributed by atoms with E-state index in [1.54, 1.807) is 0 Å². The number of anilines is 1. The van der Waals surface area contributed by atoms with Crippen LogP contribution in [0.15, 0.2) is 42.5 Å². The van der Waals surface area contributed by atoms with Crippen LogP contribution < -0.4 is 4.90 Å². The maximum absolute atomic E-state index is 12.3. The molecule has 2 nitrogen and oxygen atoms in total. The van der Waals surface area contributed by atoms with Crippen molar-refractivity contribution in [3.05, 3.63) is 64.7 Å². The van der Waals surface area contributed by atoms with Gasteiger partial charge in [0.2, 0.25) is 0 Å². The van der Waals surface area contributed by atoms with Crippen molar-refractivity contribution in [2.24, 2.45) is 0 Å². The molecule has 1 amide bonds. The molecule has 0 saturated carbocycles. The molecule has 1 aliphatic rings. The number of aryl methyl sites for hydroxylation is 2. The summed E-state index contributed by atoms with van der Waals surface area (Å²) in [6.45, 7) is 4.84. The lowest BCUT2D eigenvalue weighted by Gasteiger charge is -2.17. The van der Waals surface area contributed by atoms with Crippen molar-refractivity contribution in [1.82, 2.24) is 0 Å². The van der Waals surface area contributed by atoms with Crippen molar-refractivity contribution in [3.8, 4) is 0 Å². The molecule has 2 aromatic carbocycles. The fourth-order valence-electron chi connectivity index (χ4n) is 2.36. The highest BCUT2D eigenvalue weighted by atomic mass is 16.2. The summed E-state index contributed by atoms with van der Waals surface area (Å²) in [5.74, 6) is 0.105. The van der Waals surface area contributed by atoms with E-state index in [9.17, 15) is 4.79 Å². The van der Waals surface area contributed by atoms with Gasteiger partial charge in [0.25, 0.3) is 5.91 Å². The Morgan fingerprint density at radius 3 is 2.50 bits per heavy atom. The number of carbonyl (C=O) groups is 1. The van der Waals surface area contributed by atoms with Gasteiger partial charge in [-0.2, -0.15) is 0 Å². The zero-order valence-corrected chi connectivity index (χ0v) is 10.6. The monoisotopic (exact) mass is 237 g/mol. The van der Waals surface area contributed by atoms with E-state index in [2.05, 4.69) is 26.0 Å². The Bertz CT molecular complexity index is 631. The molecule has 0 fully saturated rings. The van der Waals surface area contributed by atoms with E-state index in [1.807, 2.05) is 35.2 Å². The van der Waals surface area contributed by atoms with Gasteiger partial charge >= 0.3 is 0 Å². The molecule has 2 aromatic rings. The zero-order chi connectivity index (χ0) is 12.7. The van der Waals surface area contributed by atoms with Gasteiger partial charge in [0.1, 0.15) is 0 Å². The number of benzene rings is 2. The third-order valence-electron chi connectivity index (χ3n) is 3.62. The number of fused-ring (bicyclic) bond motifs is 1. The second-order valence-electron chi connectivity index (χ2n) is 4.82. The second kappa shape index (κ2) is 3.98. The minimum absolute atomic E-state index is 0.105. The van der Waals surface area contributed by atoms with Crippen LogP contribution in [0.2, 0.25) is 0 Å². The van der Waals surface area contributed by atoms with Gasteiger partial charge in [-0.05, 0) is 48.7 Å². The summed E-state index contributed by atoms with van der Waals surface area (Å²) in [6.07, 6.45) is 0. The Labute approximate surface area is 107 Å². The van der Waals surface area contributed by atoms with E-state index in [4.69, 9.17) is 0 Å². The van der Waals surface area contributed by atoms with Crippen LogP contribution in [0.3, 0.4) is 0 Å². The summed E-state index contributed by atoms with van der Waals surface area (Å²) in [7, 11) is 0. The number of carbonyl (C=O) groups excluding carboxylic acids is 1. The highest BCUT2D eigenvalue weighted by molar-refractivity contribution is 6.10. The minimum Gasteiger partial charge on any atom is -0.304 e. The molecule has 0 atom stereocenters. The topological polar surface area (TPSA) is 20.3 Å². The van der Waals surface area contributed by atoms with Crippen molar-refractivity contribution < 1.29 is 4.79 Å². The van der Waals surface area contributed by atoms with Crippen LogP contribution in [0, 0.1) is 13.8 Å². The van der Waals surface area contributed by atoms with Gasteiger partial charge in [-0.25, -0.2) is 0 Å². The molecular weight excluding hydrogens is 222 g/mol. The Kier molecular flexibility index (Phi) is 2.44. The molecule has 0 spiro atoms. The molecular formula is C16H15NO. The second-order valence-corrected chi connectivity index (χ2v) is 4.82. The Hall–Kier alpha value is -2.09. The van der Waals surface area contributed by atoms with Crippen molar-refractivity contribution in [3.63, 3.8) is 0 Å². The molecule has 0 aromatic heterocycles. The van der Waals surface area contributed by atoms with Crippen LogP contribution >= 0.6 is 0 Å². The maximum atomic E-state index is 12.3. The third-order valence-corrected chi connectivity index (χ3v) is 3.62. The van der Waals surface area contributed by atoms with E-state index in [-0.39, 0.29) is 5.91 Å². The number of nitrogens with zero attached hydrogens (tertiary/aromatic N) is 1. The molecule has 0 saturated heterocycles. The summed E-state index contributed by atoms with van der Waals surface area (Å²) in [4.78, 5) is 14.2. The van der Waals surface area contributed by atoms with Gasteiger partial charge in [0.15, 0.2) is 0 Å². The predicted octanol–water partition coefficient (Wildman–Crippen LogP) is 3.46. The molecule has 0 aliphatic carbocycles. The van der Waals surface area contributed by atoms with Crippen LogP contribution in [-0.4, -0.2) is 5.91 Å². The third kappa shape index (κ3) is 1.61. The summed E-state index contributed by atoms with van der Waals surface area (Å²) >= 11 is 0.